The number of benzene rings is 1. The van der Waals surface area contributed by atoms with E-state index in [1.54, 1.807) is 26.4 Å². The maximum atomic E-state index is 11.1. The standard InChI is InChI=1S/C14H21NO4/c1-18-9-7-15(8-10-19-2)11-12-5-3-4-6-13(12)14(16)17/h3-6H,7-11H2,1-2H3,(H,16,17). The number of carbonyl (C=O) groups excluding carboxylic acids is 1. The molecule has 0 spiro atoms. The van der Waals surface area contributed by atoms with Gasteiger partial charge in [-0.1, -0.05) is 24.3 Å². The lowest BCUT2D eigenvalue weighted by molar-refractivity contribution is -0.914. The van der Waals surface area contributed by atoms with E-state index >= 15 is 0 Å². The second-order valence-corrected chi connectivity index (χ2v) is 4.36. The van der Waals surface area contributed by atoms with Gasteiger partial charge in [-0.25, -0.2) is 0 Å². The van der Waals surface area contributed by atoms with Gasteiger partial charge in [-0.15, -0.1) is 0 Å². The molecule has 0 aliphatic carbocycles. The zero-order valence-electron chi connectivity index (χ0n) is 11.5. The molecule has 1 aromatic rings. The fourth-order valence-corrected chi connectivity index (χ4v) is 1.94. The average Bonchev–Trinajstić information content (AvgIpc) is 2.42. The predicted molar refractivity (Wildman–Crippen MR) is 68.9 cm³/mol. The molecular weight excluding hydrogens is 246 g/mol. The van der Waals surface area contributed by atoms with Crippen LogP contribution in [0.25, 0.3) is 0 Å². The molecule has 0 saturated heterocycles. The summed E-state index contributed by atoms with van der Waals surface area (Å²) in [6, 6.07) is 6.95. The van der Waals surface area contributed by atoms with Crippen LogP contribution < -0.4 is 10.0 Å². The number of ether oxygens (including phenoxy) is 2. The molecule has 0 heterocycles. The number of carbonyl (C=O) groups is 1. The Morgan fingerprint density at radius 2 is 1.74 bits per heavy atom. The van der Waals surface area contributed by atoms with Crippen LogP contribution in [0.15, 0.2) is 24.3 Å². The van der Waals surface area contributed by atoms with Crippen LogP contribution in [0.4, 0.5) is 0 Å². The molecule has 0 bridgehead atoms. The van der Waals surface area contributed by atoms with Crippen LogP contribution in [0, 0.1) is 0 Å². The van der Waals surface area contributed by atoms with Crippen molar-refractivity contribution in [1.29, 1.82) is 0 Å². The minimum Gasteiger partial charge on any atom is -0.545 e. The van der Waals surface area contributed by atoms with E-state index in [1.807, 2.05) is 12.1 Å². The SMILES string of the molecule is COCC[NH+](CCOC)Cc1ccccc1C(=O)[O-]. The van der Waals surface area contributed by atoms with Gasteiger partial charge in [-0.2, -0.15) is 0 Å². The number of nitrogens with one attached hydrogen (secondary N) is 1. The summed E-state index contributed by atoms with van der Waals surface area (Å²) in [6.45, 7) is 3.50. The number of carboxylic acid groups (broad SMARTS) is 1. The highest BCUT2D eigenvalue weighted by atomic mass is 16.5. The number of aromatic carboxylic acids is 1. The van der Waals surface area contributed by atoms with Gasteiger partial charge in [0.05, 0.1) is 19.2 Å². The number of carboxylic acids is 1. The molecule has 0 aromatic heterocycles. The van der Waals surface area contributed by atoms with Crippen LogP contribution >= 0.6 is 0 Å². The lowest BCUT2D eigenvalue weighted by Crippen LogP contribution is -3.11. The first-order chi connectivity index (χ1) is 9.19. The first-order valence-electron chi connectivity index (χ1n) is 6.29. The summed E-state index contributed by atoms with van der Waals surface area (Å²) < 4.78 is 10.2. The van der Waals surface area contributed by atoms with Gasteiger partial charge in [0.2, 0.25) is 0 Å². The summed E-state index contributed by atoms with van der Waals surface area (Å²) in [5.74, 6) is -1.13. The highest BCUT2D eigenvalue weighted by molar-refractivity contribution is 5.87. The Morgan fingerprint density at radius 3 is 2.26 bits per heavy atom. The maximum absolute atomic E-state index is 11.1. The topological polar surface area (TPSA) is 63.0 Å². The van der Waals surface area contributed by atoms with Gasteiger partial charge in [0.15, 0.2) is 0 Å². The van der Waals surface area contributed by atoms with Crippen LogP contribution in [0.5, 0.6) is 0 Å². The van der Waals surface area contributed by atoms with Gasteiger partial charge in [0.1, 0.15) is 19.6 Å². The van der Waals surface area contributed by atoms with Crippen molar-refractivity contribution in [2.45, 2.75) is 6.54 Å². The number of hydrogen-bond donors (Lipinski definition) is 1. The normalized spacial score (nSPS) is 10.9. The molecule has 0 aliphatic heterocycles. The molecule has 0 unspecified atom stereocenters. The monoisotopic (exact) mass is 267 g/mol. The van der Waals surface area contributed by atoms with Crippen LogP contribution in [-0.4, -0.2) is 46.5 Å². The van der Waals surface area contributed by atoms with E-state index in [1.165, 1.54) is 4.90 Å². The molecule has 0 aliphatic rings. The number of quaternary nitrogens is 1. The van der Waals surface area contributed by atoms with Gasteiger partial charge in [0.25, 0.3) is 0 Å². The minimum atomic E-state index is -1.13. The molecule has 1 N–H and O–H groups in total. The van der Waals surface area contributed by atoms with Gasteiger partial charge < -0.3 is 24.3 Å². The van der Waals surface area contributed by atoms with E-state index in [4.69, 9.17) is 9.47 Å². The van der Waals surface area contributed by atoms with Crippen LogP contribution in [0.2, 0.25) is 0 Å². The third-order valence-corrected chi connectivity index (χ3v) is 3.00. The molecular formula is C14H21NO4. The maximum Gasteiger partial charge on any atom is 0.104 e. The van der Waals surface area contributed by atoms with Crippen molar-refractivity contribution < 1.29 is 24.3 Å². The van der Waals surface area contributed by atoms with Crippen LogP contribution in [-0.2, 0) is 16.0 Å². The Morgan fingerprint density at radius 1 is 1.16 bits per heavy atom. The van der Waals surface area contributed by atoms with E-state index in [2.05, 4.69) is 0 Å². The van der Waals surface area contributed by atoms with Gasteiger partial charge >= 0.3 is 0 Å². The Bertz CT molecular complexity index is 387. The quantitative estimate of drug-likeness (QED) is 0.606. The molecule has 19 heavy (non-hydrogen) atoms. The van der Waals surface area contributed by atoms with E-state index in [9.17, 15) is 9.90 Å². The fourth-order valence-electron chi connectivity index (χ4n) is 1.94. The van der Waals surface area contributed by atoms with Crippen molar-refractivity contribution in [3.63, 3.8) is 0 Å². The first-order valence-corrected chi connectivity index (χ1v) is 6.29. The zero-order chi connectivity index (χ0) is 14.1. The molecule has 5 heteroatoms. The number of rotatable bonds is 9. The van der Waals surface area contributed by atoms with Crippen LogP contribution in [0.1, 0.15) is 15.9 Å². The Balaban J connectivity index is 2.74. The summed E-state index contributed by atoms with van der Waals surface area (Å²) in [5.41, 5.74) is 1.04. The summed E-state index contributed by atoms with van der Waals surface area (Å²) in [6.07, 6.45) is 0. The molecule has 106 valence electrons. The molecule has 1 rings (SSSR count). The van der Waals surface area contributed by atoms with Crippen molar-refractivity contribution in [3.8, 4) is 0 Å². The highest BCUT2D eigenvalue weighted by Crippen LogP contribution is 2.05. The summed E-state index contributed by atoms with van der Waals surface area (Å²) in [4.78, 5) is 12.3. The second kappa shape index (κ2) is 8.63. The van der Waals surface area contributed by atoms with Gasteiger partial charge in [-0.3, -0.25) is 0 Å². The zero-order valence-corrected chi connectivity index (χ0v) is 11.5. The third-order valence-electron chi connectivity index (χ3n) is 3.00. The molecule has 0 saturated carbocycles. The molecule has 0 atom stereocenters. The lowest BCUT2D eigenvalue weighted by atomic mass is 10.1. The molecule has 5 nitrogen and oxygen atoms in total. The van der Waals surface area contributed by atoms with Gasteiger partial charge in [0, 0.05) is 25.3 Å². The van der Waals surface area contributed by atoms with E-state index < -0.39 is 5.97 Å². The number of hydrogen-bond acceptors (Lipinski definition) is 4. The Hall–Kier alpha value is -1.43. The average molecular weight is 267 g/mol. The fraction of sp³-hybridized carbons (Fsp3) is 0.500. The molecule has 0 fully saturated rings. The number of methoxy groups -OCH3 is 2. The van der Waals surface area contributed by atoms with E-state index in [-0.39, 0.29) is 5.56 Å². The summed E-state index contributed by atoms with van der Waals surface area (Å²) in [7, 11) is 3.31. The predicted octanol–water partition coefficient (Wildman–Crippen LogP) is -1.27. The van der Waals surface area contributed by atoms with Crippen molar-refractivity contribution in [3.05, 3.63) is 35.4 Å². The van der Waals surface area contributed by atoms with Crippen molar-refractivity contribution in [2.75, 3.05) is 40.5 Å². The Kier molecular flexibility index (Phi) is 7.10. The van der Waals surface area contributed by atoms with E-state index in [0.717, 1.165) is 18.7 Å². The second-order valence-electron chi connectivity index (χ2n) is 4.36. The van der Waals surface area contributed by atoms with Crippen molar-refractivity contribution in [2.24, 2.45) is 0 Å². The summed E-state index contributed by atoms with van der Waals surface area (Å²) >= 11 is 0. The molecule has 1 aromatic carbocycles. The van der Waals surface area contributed by atoms with Crippen molar-refractivity contribution in [1.82, 2.24) is 0 Å². The Labute approximate surface area is 113 Å². The molecule has 0 amide bonds. The summed E-state index contributed by atoms with van der Waals surface area (Å²) in [5, 5.41) is 11.1. The third kappa shape index (κ3) is 5.38. The largest absolute Gasteiger partial charge is 0.545 e. The molecule has 0 radical (unpaired) electrons. The van der Waals surface area contributed by atoms with Gasteiger partial charge in [-0.05, 0) is 0 Å². The minimum absolute atomic E-state index is 0.259. The smallest absolute Gasteiger partial charge is 0.104 e. The van der Waals surface area contributed by atoms with E-state index in [0.29, 0.717) is 19.8 Å². The van der Waals surface area contributed by atoms with Crippen LogP contribution in [0.3, 0.4) is 0 Å². The lowest BCUT2D eigenvalue weighted by Gasteiger charge is -2.20. The highest BCUT2D eigenvalue weighted by Gasteiger charge is 2.12. The van der Waals surface area contributed by atoms with Crippen molar-refractivity contribution >= 4 is 5.97 Å². The first kappa shape index (κ1) is 15.6.